The zero-order chi connectivity index (χ0) is 17.8. The number of hydrogen-bond donors (Lipinski definition) is 2. The molecule has 136 valence electrons. The van der Waals surface area contributed by atoms with E-state index in [1.807, 2.05) is 0 Å². The van der Waals surface area contributed by atoms with Crippen LogP contribution in [0.5, 0.6) is 0 Å². The van der Waals surface area contributed by atoms with Crippen molar-refractivity contribution in [3.05, 3.63) is 35.6 Å². The first-order valence-electron chi connectivity index (χ1n) is 8.93. The van der Waals surface area contributed by atoms with Crippen LogP contribution in [0.2, 0.25) is 0 Å². The molecule has 0 spiro atoms. The summed E-state index contributed by atoms with van der Waals surface area (Å²) in [4.78, 5) is 24.3. The summed E-state index contributed by atoms with van der Waals surface area (Å²) in [5.74, 6) is -0.0901. The Morgan fingerprint density at radius 1 is 1.28 bits per heavy atom. The van der Waals surface area contributed by atoms with Crippen molar-refractivity contribution in [2.75, 3.05) is 13.7 Å². The van der Waals surface area contributed by atoms with Gasteiger partial charge in [-0.25, -0.2) is 4.39 Å². The molecule has 4 unspecified atom stereocenters. The Hall–Kier alpha value is -1.95. The van der Waals surface area contributed by atoms with Crippen LogP contribution in [0.1, 0.15) is 42.5 Å². The van der Waals surface area contributed by atoms with Crippen molar-refractivity contribution < 1.29 is 18.7 Å². The molecule has 4 atom stereocenters. The van der Waals surface area contributed by atoms with E-state index in [2.05, 4.69) is 10.6 Å². The zero-order valence-corrected chi connectivity index (χ0v) is 14.5. The second-order valence-corrected chi connectivity index (χ2v) is 7.03. The van der Waals surface area contributed by atoms with Gasteiger partial charge in [0.05, 0.1) is 6.10 Å². The van der Waals surface area contributed by atoms with E-state index in [-0.39, 0.29) is 35.7 Å². The lowest BCUT2D eigenvalue weighted by molar-refractivity contribution is -0.131. The summed E-state index contributed by atoms with van der Waals surface area (Å²) < 4.78 is 18.3. The molecule has 0 radical (unpaired) electrons. The number of hydrogen-bond acceptors (Lipinski definition) is 3. The molecule has 1 saturated carbocycles. The van der Waals surface area contributed by atoms with Gasteiger partial charge in [0.25, 0.3) is 5.91 Å². The summed E-state index contributed by atoms with van der Waals surface area (Å²) in [6.45, 7) is 0.437. The molecule has 25 heavy (non-hydrogen) atoms. The van der Waals surface area contributed by atoms with Crippen LogP contribution in [-0.2, 0) is 9.53 Å². The molecular formula is C19H25FN2O3. The molecule has 2 aliphatic rings. The highest BCUT2D eigenvalue weighted by atomic mass is 19.1. The van der Waals surface area contributed by atoms with Gasteiger partial charge < -0.3 is 15.4 Å². The van der Waals surface area contributed by atoms with Gasteiger partial charge in [-0.15, -0.1) is 0 Å². The van der Waals surface area contributed by atoms with Crippen LogP contribution in [0, 0.1) is 17.7 Å². The summed E-state index contributed by atoms with van der Waals surface area (Å²) in [5.41, 5.74) is 0.424. The maximum absolute atomic E-state index is 12.9. The molecule has 1 aliphatic carbocycles. The van der Waals surface area contributed by atoms with Gasteiger partial charge in [-0.1, -0.05) is 0 Å². The Balaban J connectivity index is 1.46. The number of fused-ring (bicyclic) bond motifs is 1. The SMILES string of the molecule is COC1CCC2CC(CCNC(=O)c3ccc(F)cc3)C(=O)NC2C1. The third kappa shape index (κ3) is 4.37. The van der Waals surface area contributed by atoms with Crippen molar-refractivity contribution in [3.63, 3.8) is 0 Å². The van der Waals surface area contributed by atoms with Crippen molar-refractivity contribution in [1.82, 2.24) is 10.6 Å². The standard InChI is InChI=1S/C19H25FN2O3/c1-25-16-7-4-13-10-14(19(24)22-17(13)11-16)8-9-21-18(23)12-2-5-15(20)6-3-12/h2-3,5-6,13-14,16-17H,4,7-11H2,1H3,(H,21,23)(H,22,24). The molecule has 0 bridgehead atoms. The quantitative estimate of drug-likeness (QED) is 0.858. The second-order valence-electron chi connectivity index (χ2n) is 7.03. The van der Waals surface area contributed by atoms with Gasteiger partial charge in [-0.2, -0.15) is 0 Å². The number of nitrogens with one attached hydrogen (secondary N) is 2. The largest absolute Gasteiger partial charge is 0.381 e. The fourth-order valence-corrected chi connectivity index (χ4v) is 3.95. The third-order valence-electron chi connectivity index (χ3n) is 5.45. The first-order chi connectivity index (χ1) is 12.1. The van der Waals surface area contributed by atoms with Gasteiger partial charge in [0.1, 0.15) is 5.82 Å². The van der Waals surface area contributed by atoms with Crippen molar-refractivity contribution in [1.29, 1.82) is 0 Å². The number of carbonyl (C=O) groups excluding carboxylic acids is 2. The average Bonchev–Trinajstić information content (AvgIpc) is 2.62. The first-order valence-corrected chi connectivity index (χ1v) is 8.93. The highest BCUT2D eigenvalue weighted by Gasteiger charge is 2.39. The molecule has 1 aromatic rings. The van der Waals surface area contributed by atoms with Crippen LogP contribution in [0.4, 0.5) is 4.39 Å². The molecule has 1 saturated heterocycles. The predicted molar refractivity (Wildman–Crippen MR) is 91.5 cm³/mol. The van der Waals surface area contributed by atoms with Gasteiger partial charge in [0.15, 0.2) is 0 Å². The van der Waals surface area contributed by atoms with Crippen LogP contribution in [0.15, 0.2) is 24.3 Å². The van der Waals surface area contributed by atoms with E-state index in [0.29, 0.717) is 24.4 Å². The van der Waals surface area contributed by atoms with E-state index in [0.717, 1.165) is 25.7 Å². The Morgan fingerprint density at radius 3 is 2.76 bits per heavy atom. The Bertz CT molecular complexity index is 620. The molecule has 2 amide bonds. The molecule has 1 aliphatic heterocycles. The van der Waals surface area contributed by atoms with Gasteiger partial charge >= 0.3 is 0 Å². The van der Waals surface area contributed by atoms with Crippen LogP contribution < -0.4 is 10.6 Å². The lowest BCUT2D eigenvalue weighted by atomic mass is 9.74. The minimum atomic E-state index is -0.367. The fraction of sp³-hybridized carbons (Fsp3) is 0.579. The number of rotatable bonds is 5. The van der Waals surface area contributed by atoms with E-state index in [1.165, 1.54) is 24.3 Å². The fourth-order valence-electron chi connectivity index (χ4n) is 3.95. The first kappa shape index (κ1) is 17.9. The van der Waals surface area contributed by atoms with E-state index >= 15 is 0 Å². The van der Waals surface area contributed by atoms with E-state index < -0.39 is 0 Å². The summed E-state index contributed by atoms with van der Waals surface area (Å²) in [6.07, 6.45) is 4.74. The number of piperidine rings is 1. The van der Waals surface area contributed by atoms with Gasteiger partial charge in [-0.3, -0.25) is 9.59 Å². The maximum atomic E-state index is 12.9. The van der Waals surface area contributed by atoms with E-state index in [4.69, 9.17) is 4.74 Å². The van der Waals surface area contributed by atoms with Crippen LogP contribution >= 0.6 is 0 Å². The van der Waals surface area contributed by atoms with Crippen LogP contribution in [0.3, 0.4) is 0 Å². The van der Waals surface area contributed by atoms with Gasteiger partial charge in [0.2, 0.25) is 5.91 Å². The normalized spacial score (nSPS) is 28.8. The smallest absolute Gasteiger partial charge is 0.251 e. The van der Waals surface area contributed by atoms with Gasteiger partial charge in [-0.05, 0) is 62.3 Å². The number of methoxy groups -OCH3 is 1. The number of carbonyl (C=O) groups is 2. The molecule has 0 aromatic heterocycles. The van der Waals surface area contributed by atoms with Crippen molar-refractivity contribution >= 4 is 11.8 Å². The molecule has 2 fully saturated rings. The third-order valence-corrected chi connectivity index (χ3v) is 5.45. The molecule has 1 heterocycles. The van der Waals surface area contributed by atoms with E-state index in [1.54, 1.807) is 7.11 Å². The Kier molecular flexibility index (Phi) is 5.68. The predicted octanol–water partition coefficient (Wildman–Crippen LogP) is 2.27. The molecule has 6 heteroatoms. The molecule has 1 aromatic carbocycles. The summed E-state index contributed by atoms with van der Waals surface area (Å²) in [6, 6.07) is 5.66. The van der Waals surface area contributed by atoms with Crippen LogP contribution in [-0.4, -0.2) is 37.6 Å². The summed E-state index contributed by atoms with van der Waals surface area (Å²) >= 11 is 0. The van der Waals surface area contributed by atoms with Gasteiger partial charge in [0, 0.05) is 31.2 Å². The van der Waals surface area contributed by atoms with Crippen molar-refractivity contribution in [3.8, 4) is 0 Å². The molecule has 3 rings (SSSR count). The molecule has 2 N–H and O–H groups in total. The zero-order valence-electron chi connectivity index (χ0n) is 14.5. The highest BCUT2D eigenvalue weighted by Crippen LogP contribution is 2.35. The topological polar surface area (TPSA) is 67.4 Å². The number of benzene rings is 1. The van der Waals surface area contributed by atoms with Crippen molar-refractivity contribution in [2.45, 2.75) is 44.2 Å². The summed E-state index contributed by atoms with van der Waals surface area (Å²) in [7, 11) is 1.72. The Morgan fingerprint density at radius 2 is 2.04 bits per heavy atom. The minimum absolute atomic E-state index is 0.0612. The number of halogens is 1. The van der Waals surface area contributed by atoms with E-state index in [9.17, 15) is 14.0 Å². The monoisotopic (exact) mass is 348 g/mol. The summed E-state index contributed by atoms with van der Waals surface area (Å²) in [5, 5.41) is 5.95. The Labute approximate surface area is 147 Å². The maximum Gasteiger partial charge on any atom is 0.251 e. The molecule has 5 nitrogen and oxygen atoms in total. The second kappa shape index (κ2) is 7.95. The number of ether oxygens (including phenoxy) is 1. The highest BCUT2D eigenvalue weighted by molar-refractivity contribution is 5.94. The van der Waals surface area contributed by atoms with Crippen LogP contribution in [0.25, 0.3) is 0 Å². The lowest BCUT2D eigenvalue weighted by Crippen LogP contribution is -2.53. The minimum Gasteiger partial charge on any atom is -0.381 e. The molecular weight excluding hydrogens is 323 g/mol. The van der Waals surface area contributed by atoms with Crippen molar-refractivity contribution in [2.24, 2.45) is 11.8 Å². The lowest BCUT2D eigenvalue weighted by Gasteiger charge is -2.41. The number of amides is 2. The average molecular weight is 348 g/mol.